The van der Waals surface area contributed by atoms with Crippen LogP contribution < -0.4 is 0 Å². The summed E-state index contributed by atoms with van der Waals surface area (Å²) in [5, 5.41) is 11.7. The molecule has 0 amide bonds. The molecule has 1 aromatic carbocycles. The van der Waals surface area contributed by atoms with Crippen molar-refractivity contribution in [1.82, 2.24) is 29.8 Å². The lowest BCUT2D eigenvalue weighted by molar-refractivity contribution is 0.628. The maximum atomic E-state index is 13.0. The van der Waals surface area contributed by atoms with Crippen LogP contribution in [0.4, 0.5) is 4.39 Å². The topological polar surface area (TPSA) is 71.8 Å². The van der Waals surface area contributed by atoms with Crippen LogP contribution in [0.25, 0.3) is 28.4 Å². The number of nitrogens with zero attached hydrogens (tertiary/aromatic N) is 5. The molecule has 0 radical (unpaired) electrons. The minimum atomic E-state index is -0.266. The van der Waals surface area contributed by atoms with Gasteiger partial charge in [-0.05, 0) is 49.6 Å². The molecule has 0 bridgehead atoms. The van der Waals surface area contributed by atoms with E-state index in [2.05, 4.69) is 25.3 Å². The Kier molecular flexibility index (Phi) is 2.76. The van der Waals surface area contributed by atoms with Gasteiger partial charge in [0.1, 0.15) is 17.8 Å². The van der Waals surface area contributed by atoms with Gasteiger partial charge in [-0.15, -0.1) is 5.10 Å². The molecular weight excluding hydrogens is 307 g/mol. The molecule has 5 rings (SSSR count). The predicted molar refractivity (Wildman–Crippen MR) is 85.8 cm³/mol. The van der Waals surface area contributed by atoms with Crippen molar-refractivity contribution in [3.8, 4) is 22.8 Å². The van der Waals surface area contributed by atoms with E-state index in [1.807, 2.05) is 6.07 Å². The SMILES string of the molecule is Fc1ccc(-c2cc(-c3nc4c5c(ncn4n3)CCC5)[nH]n2)cc1. The zero-order chi connectivity index (χ0) is 16.1. The van der Waals surface area contributed by atoms with Gasteiger partial charge in [-0.3, -0.25) is 5.10 Å². The maximum Gasteiger partial charge on any atom is 0.200 e. The van der Waals surface area contributed by atoms with Gasteiger partial charge in [-0.1, -0.05) is 0 Å². The zero-order valence-corrected chi connectivity index (χ0v) is 12.7. The first-order chi connectivity index (χ1) is 11.8. The minimum absolute atomic E-state index is 0.266. The van der Waals surface area contributed by atoms with Crippen LogP contribution in [-0.2, 0) is 12.8 Å². The van der Waals surface area contributed by atoms with E-state index in [4.69, 9.17) is 0 Å². The van der Waals surface area contributed by atoms with E-state index in [9.17, 15) is 4.39 Å². The molecule has 3 heterocycles. The molecular formula is C17H13FN6. The number of fused-ring (bicyclic) bond motifs is 3. The average Bonchev–Trinajstić information content (AvgIpc) is 3.32. The zero-order valence-electron chi connectivity index (χ0n) is 12.7. The fourth-order valence-corrected chi connectivity index (χ4v) is 3.16. The quantitative estimate of drug-likeness (QED) is 0.616. The fraction of sp³-hybridized carbons (Fsp3) is 0.176. The Morgan fingerprint density at radius 3 is 2.88 bits per heavy atom. The smallest absolute Gasteiger partial charge is 0.200 e. The van der Waals surface area contributed by atoms with E-state index >= 15 is 0 Å². The third kappa shape index (κ3) is 2.01. The number of aryl methyl sites for hydroxylation is 2. The highest BCUT2D eigenvalue weighted by atomic mass is 19.1. The minimum Gasteiger partial charge on any atom is -0.274 e. The number of hydrogen-bond donors (Lipinski definition) is 1. The molecule has 0 aliphatic heterocycles. The third-order valence-electron chi connectivity index (χ3n) is 4.37. The van der Waals surface area contributed by atoms with Crippen molar-refractivity contribution in [2.45, 2.75) is 19.3 Å². The molecule has 118 valence electrons. The Morgan fingerprint density at radius 1 is 1.12 bits per heavy atom. The second kappa shape index (κ2) is 4.95. The van der Waals surface area contributed by atoms with Crippen molar-refractivity contribution < 1.29 is 4.39 Å². The number of benzene rings is 1. The molecule has 0 fully saturated rings. The maximum absolute atomic E-state index is 13.0. The summed E-state index contributed by atoms with van der Waals surface area (Å²) >= 11 is 0. The number of H-pyrrole nitrogens is 1. The van der Waals surface area contributed by atoms with Crippen molar-refractivity contribution in [3.63, 3.8) is 0 Å². The van der Waals surface area contributed by atoms with Crippen molar-refractivity contribution in [3.05, 3.63) is 53.7 Å². The number of hydrogen-bond acceptors (Lipinski definition) is 4. The normalized spacial score (nSPS) is 13.5. The van der Waals surface area contributed by atoms with Crippen molar-refractivity contribution in [2.24, 2.45) is 0 Å². The van der Waals surface area contributed by atoms with Crippen molar-refractivity contribution in [1.29, 1.82) is 0 Å². The van der Waals surface area contributed by atoms with Gasteiger partial charge in [0.05, 0.1) is 5.69 Å². The van der Waals surface area contributed by atoms with Crippen LogP contribution in [0.3, 0.4) is 0 Å². The predicted octanol–water partition coefficient (Wildman–Crippen LogP) is 2.81. The number of aromatic nitrogens is 6. The Labute approximate surface area is 136 Å². The van der Waals surface area contributed by atoms with Crippen molar-refractivity contribution >= 4 is 5.65 Å². The summed E-state index contributed by atoms with van der Waals surface area (Å²) in [5.41, 5.74) is 5.47. The van der Waals surface area contributed by atoms with E-state index in [0.717, 1.165) is 47.6 Å². The summed E-state index contributed by atoms with van der Waals surface area (Å²) in [6.07, 6.45) is 4.83. The molecule has 0 spiro atoms. The monoisotopic (exact) mass is 320 g/mol. The number of rotatable bonds is 2. The van der Waals surface area contributed by atoms with Gasteiger partial charge in [0.25, 0.3) is 0 Å². The van der Waals surface area contributed by atoms with Gasteiger partial charge in [0, 0.05) is 16.8 Å². The Bertz CT molecular complexity index is 1050. The first-order valence-corrected chi connectivity index (χ1v) is 7.83. The lowest BCUT2D eigenvalue weighted by Crippen LogP contribution is -1.96. The van der Waals surface area contributed by atoms with E-state index in [1.165, 1.54) is 17.7 Å². The molecule has 6 nitrogen and oxygen atoms in total. The summed E-state index contributed by atoms with van der Waals surface area (Å²) < 4.78 is 14.8. The van der Waals surface area contributed by atoms with Crippen LogP contribution in [0.15, 0.2) is 36.7 Å². The summed E-state index contributed by atoms with van der Waals surface area (Å²) in [7, 11) is 0. The van der Waals surface area contributed by atoms with Gasteiger partial charge in [0.15, 0.2) is 11.5 Å². The Morgan fingerprint density at radius 2 is 2.00 bits per heavy atom. The summed E-state index contributed by atoms with van der Waals surface area (Å²) in [6.45, 7) is 0. The highest BCUT2D eigenvalue weighted by molar-refractivity contribution is 5.66. The van der Waals surface area contributed by atoms with E-state index in [1.54, 1.807) is 23.0 Å². The number of halogens is 1. The van der Waals surface area contributed by atoms with Gasteiger partial charge in [-0.25, -0.2) is 18.9 Å². The summed E-state index contributed by atoms with van der Waals surface area (Å²) in [5.74, 6) is 0.316. The van der Waals surface area contributed by atoms with E-state index in [0.29, 0.717) is 5.82 Å². The summed E-state index contributed by atoms with van der Waals surface area (Å²) in [6, 6.07) is 8.10. The number of aromatic amines is 1. The largest absolute Gasteiger partial charge is 0.274 e. The Hall–Kier alpha value is -3.09. The summed E-state index contributed by atoms with van der Waals surface area (Å²) in [4.78, 5) is 9.11. The number of nitrogens with one attached hydrogen (secondary N) is 1. The van der Waals surface area contributed by atoms with Crippen LogP contribution >= 0.6 is 0 Å². The molecule has 1 aliphatic rings. The molecule has 4 aromatic rings. The van der Waals surface area contributed by atoms with Crippen LogP contribution in [-0.4, -0.2) is 29.8 Å². The average molecular weight is 320 g/mol. The molecule has 0 unspecified atom stereocenters. The molecule has 0 saturated heterocycles. The van der Waals surface area contributed by atoms with Crippen molar-refractivity contribution in [2.75, 3.05) is 0 Å². The van der Waals surface area contributed by atoms with Gasteiger partial charge >= 0.3 is 0 Å². The second-order valence-corrected chi connectivity index (χ2v) is 5.90. The lowest BCUT2D eigenvalue weighted by Gasteiger charge is -1.97. The highest BCUT2D eigenvalue weighted by Crippen LogP contribution is 2.26. The van der Waals surface area contributed by atoms with Gasteiger partial charge < -0.3 is 0 Å². The fourth-order valence-electron chi connectivity index (χ4n) is 3.16. The van der Waals surface area contributed by atoms with Crippen LogP contribution in [0, 0.1) is 5.82 Å². The second-order valence-electron chi connectivity index (χ2n) is 5.90. The molecule has 7 heteroatoms. The van der Waals surface area contributed by atoms with Gasteiger partial charge in [-0.2, -0.15) is 5.10 Å². The van der Waals surface area contributed by atoms with Gasteiger partial charge in [0.2, 0.25) is 0 Å². The van der Waals surface area contributed by atoms with Crippen LogP contribution in [0.1, 0.15) is 17.7 Å². The third-order valence-corrected chi connectivity index (χ3v) is 4.37. The Balaban J connectivity index is 1.57. The molecule has 0 saturated carbocycles. The molecule has 1 aliphatic carbocycles. The van der Waals surface area contributed by atoms with Crippen LogP contribution in [0.5, 0.6) is 0 Å². The van der Waals surface area contributed by atoms with E-state index in [-0.39, 0.29) is 5.82 Å². The standard InChI is InChI=1S/C17H13FN6/c18-11-6-4-10(5-7-11)14-8-15(22-21-14)16-20-17-12-2-1-3-13(12)19-9-24(17)23-16/h4-9H,1-3H2,(H,21,22). The van der Waals surface area contributed by atoms with Crippen LogP contribution in [0.2, 0.25) is 0 Å². The van der Waals surface area contributed by atoms with E-state index < -0.39 is 0 Å². The molecule has 1 N–H and O–H groups in total. The molecule has 3 aromatic heterocycles. The first kappa shape index (κ1) is 13.4. The first-order valence-electron chi connectivity index (χ1n) is 7.83. The molecule has 24 heavy (non-hydrogen) atoms. The highest BCUT2D eigenvalue weighted by Gasteiger charge is 2.19. The molecule has 0 atom stereocenters. The lowest BCUT2D eigenvalue weighted by atomic mass is 10.1.